The molecule has 4 heterocycles. The molecule has 2 saturated carbocycles. The van der Waals surface area contributed by atoms with Crippen LogP contribution in [0.3, 0.4) is 0 Å². The predicted octanol–water partition coefficient (Wildman–Crippen LogP) is 6.13. The Hall–Kier alpha value is -3.74. The fraction of sp³-hybridized carbons (Fsp3) is 0.312. The van der Waals surface area contributed by atoms with Gasteiger partial charge in [-0.1, -0.05) is 48.5 Å². The molecule has 0 amide bonds. The number of piperidine rings is 2. The van der Waals surface area contributed by atoms with Crippen LogP contribution in [0, 0.1) is 11.8 Å². The van der Waals surface area contributed by atoms with Crippen molar-refractivity contribution in [1.29, 1.82) is 0 Å². The number of hydrogen-bond donors (Lipinski definition) is 4. The standard InChI is InChI=1S/C32H30N6/c1-3-18(29-15-33-31(37-29)27-13-23-11-25(23)35-27)4-2-17(1)19-5-6-21-10-22(8-7-20(21)9-19)30-16-34-32(38-30)28-14-24-12-26(24)36-28/h1-10,15-16,23-28,35-36H,11-14H2,(H,33,37)(H,34,38)/t23-,24?,25-,26?,27-,28?/m0/s1. The Balaban J connectivity index is 0.938. The maximum Gasteiger partial charge on any atom is 0.124 e. The average molecular weight is 499 g/mol. The maximum atomic E-state index is 4.92. The number of hydrogen-bond acceptors (Lipinski definition) is 4. The summed E-state index contributed by atoms with van der Waals surface area (Å²) in [7, 11) is 0. The Morgan fingerprint density at radius 3 is 1.61 bits per heavy atom. The molecule has 9 rings (SSSR count). The molecule has 4 aliphatic rings. The van der Waals surface area contributed by atoms with E-state index in [1.807, 2.05) is 12.4 Å². The van der Waals surface area contributed by atoms with Crippen molar-refractivity contribution in [1.82, 2.24) is 30.6 Å². The van der Waals surface area contributed by atoms with Crippen LogP contribution in [0.4, 0.5) is 0 Å². The summed E-state index contributed by atoms with van der Waals surface area (Å²) in [6, 6.07) is 24.4. The first kappa shape index (κ1) is 21.2. The van der Waals surface area contributed by atoms with E-state index in [1.165, 1.54) is 47.6 Å². The highest BCUT2D eigenvalue weighted by Crippen LogP contribution is 2.46. The number of nitrogens with zero attached hydrogens (tertiary/aromatic N) is 2. The highest BCUT2D eigenvalue weighted by Gasteiger charge is 2.47. The molecule has 2 aliphatic heterocycles. The molecule has 5 aromatic rings. The number of benzene rings is 3. The SMILES string of the molecule is c1cc(-c2c[nH]c([C@@H]3C[C@@H]4C[C@@H]4N3)n2)ccc1-c1ccc2cc(-c3c[nH]c(C4CC5CC5N4)n3)ccc2c1. The highest BCUT2D eigenvalue weighted by molar-refractivity contribution is 5.90. The Kier molecular flexibility index (Phi) is 4.40. The molecule has 6 nitrogen and oxygen atoms in total. The molecule has 0 bridgehead atoms. The number of fused-ring (bicyclic) bond motifs is 3. The smallest absolute Gasteiger partial charge is 0.124 e. The van der Waals surface area contributed by atoms with Crippen LogP contribution in [0.1, 0.15) is 49.4 Å². The minimum atomic E-state index is 0.381. The Morgan fingerprint density at radius 2 is 1.03 bits per heavy atom. The first-order valence-corrected chi connectivity index (χ1v) is 14.0. The van der Waals surface area contributed by atoms with Gasteiger partial charge in [0.05, 0.1) is 23.5 Å². The summed E-state index contributed by atoms with van der Waals surface area (Å²) in [5.74, 6) is 3.87. The second kappa shape index (κ2) is 7.88. The number of imidazole rings is 2. The van der Waals surface area contributed by atoms with E-state index in [1.54, 1.807) is 0 Å². The molecule has 2 aromatic heterocycles. The van der Waals surface area contributed by atoms with Gasteiger partial charge in [0, 0.05) is 35.6 Å². The lowest BCUT2D eigenvalue weighted by molar-refractivity contribution is 0.543. The third-order valence-corrected chi connectivity index (χ3v) is 9.26. The summed E-state index contributed by atoms with van der Waals surface area (Å²) in [6.07, 6.45) is 9.18. The van der Waals surface area contributed by atoms with Crippen LogP contribution in [0.15, 0.2) is 73.1 Å². The van der Waals surface area contributed by atoms with Gasteiger partial charge in [-0.25, -0.2) is 9.97 Å². The van der Waals surface area contributed by atoms with Gasteiger partial charge >= 0.3 is 0 Å². The topological polar surface area (TPSA) is 81.4 Å². The molecule has 4 N–H and O–H groups in total. The van der Waals surface area contributed by atoms with Gasteiger partial charge < -0.3 is 20.6 Å². The van der Waals surface area contributed by atoms with Crippen LogP contribution in [0.5, 0.6) is 0 Å². The van der Waals surface area contributed by atoms with E-state index in [4.69, 9.17) is 9.97 Å². The van der Waals surface area contributed by atoms with Crippen LogP contribution < -0.4 is 10.6 Å². The van der Waals surface area contributed by atoms with Crippen LogP contribution in [0.25, 0.3) is 44.4 Å². The van der Waals surface area contributed by atoms with E-state index in [0.29, 0.717) is 12.1 Å². The van der Waals surface area contributed by atoms with Gasteiger partial charge in [0.1, 0.15) is 11.6 Å². The quantitative estimate of drug-likeness (QED) is 0.235. The van der Waals surface area contributed by atoms with E-state index < -0.39 is 0 Å². The van der Waals surface area contributed by atoms with Crippen LogP contribution >= 0.6 is 0 Å². The van der Waals surface area contributed by atoms with Gasteiger partial charge in [-0.2, -0.15) is 0 Å². The number of nitrogens with one attached hydrogen (secondary N) is 4. The van der Waals surface area contributed by atoms with E-state index >= 15 is 0 Å². The van der Waals surface area contributed by atoms with E-state index in [0.717, 1.165) is 58.1 Å². The molecule has 2 aliphatic carbocycles. The van der Waals surface area contributed by atoms with Crippen molar-refractivity contribution in [3.8, 4) is 33.6 Å². The van der Waals surface area contributed by atoms with Crippen molar-refractivity contribution >= 4 is 10.8 Å². The normalized spacial score (nSPS) is 28.9. The lowest BCUT2D eigenvalue weighted by atomic mass is 9.98. The zero-order chi connectivity index (χ0) is 24.8. The largest absolute Gasteiger partial charge is 0.347 e. The molecule has 4 fully saturated rings. The minimum absolute atomic E-state index is 0.381. The minimum Gasteiger partial charge on any atom is -0.347 e. The average Bonchev–Trinajstić information content (AvgIpc) is 3.52. The summed E-state index contributed by atoms with van der Waals surface area (Å²) in [5.41, 5.74) is 6.78. The zero-order valence-electron chi connectivity index (χ0n) is 21.1. The second-order valence-electron chi connectivity index (χ2n) is 11.8. The zero-order valence-corrected chi connectivity index (χ0v) is 21.1. The fourth-order valence-corrected chi connectivity index (χ4v) is 6.81. The van der Waals surface area contributed by atoms with Crippen molar-refractivity contribution in [3.05, 3.63) is 84.7 Å². The van der Waals surface area contributed by atoms with Crippen molar-refractivity contribution in [3.63, 3.8) is 0 Å². The number of aromatic nitrogens is 4. The molecular weight excluding hydrogens is 468 g/mol. The first-order valence-electron chi connectivity index (χ1n) is 14.0. The van der Waals surface area contributed by atoms with Crippen LogP contribution in [0.2, 0.25) is 0 Å². The van der Waals surface area contributed by atoms with Crippen molar-refractivity contribution in [2.75, 3.05) is 0 Å². The summed E-state index contributed by atoms with van der Waals surface area (Å²) < 4.78 is 0. The molecule has 3 unspecified atom stereocenters. The molecule has 3 aromatic carbocycles. The second-order valence-corrected chi connectivity index (χ2v) is 11.8. The van der Waals surface area contributed by atoms with Crippen molar-refractivity contribution < 1.29 is 0 Å². The Labute approximate surface area is 221 Å². The predicted molar refractivity (Wildman–Crippen MR) is 149 cm³/mol. The van der Waals surface area contributed by atoms with E-state index in [2.05, 4.69) is 81.3 Å². The van der Waals surface area contributed by atoms with E-state index in [9.17, 15) is 0 Å². The molecule has 0 spiro atoms. The van der Waals surface area contributed by atoms with Gasteiger partial charge in [0.25, 0.3) is 0 Å². The highest BCUT2D eigenvalue weighted by atomic mass is 15.1. The summed E-state index contributed by atoms with van der Waals surface area (Å²) >= 11 is 0. The third kappa shape index (κ3) is 3.55. The number of H-pyrrole nitrogens is 2. The molecule has 0 radical (unpaired) electrons. The molecule has 6 heteroatoms. The van der Waals surface area contributed by atoms with Gasteiger partial charge in [0.15, 0.2) is 0 Å². The summed E-state index contributed by atoms with van der Waals surface area (Å²) in [6.45, 7) is 0. The molecule has 188 valence electrons. The number of rotatable bonds is 5. The Bertz CT molecular complexity index is 1660. The molecule has 38 heavy (non-hydrogen) atoms. The van der Waals surface area contributed by atoms with Crippen LogP contribution in [-0.4, -0.2) is 32.0 Å². The van der Waals surface area contributed by atoms with Crippen molar-refractivity contribution in [2.45, 2.75) is 49.9 Å². The molecule has 6 atom stereocenters. The lowest BCUT2D eigenvalue weighted by Gasteiger charge is -2.09. The van der Waals surface area contributed by atoms with Gasteiger partial charge in [-0.15, -0.1) is 0 Å². The maximum absolute atomic E-state index is 4.92. The summed E-state index contributed by atoms with van der Waals surface area (Å²) in [5, 5.41) is 9.84. The monoisotopic (exact) mass is 498 g/mol. The van der Waals surface area contributed by atoms with Gasteiger partial charge in [-0.05, 0) is 71.6 Å². The summed E-state index contributed by atoms with van der Waals surface area (Å²) in [4.78, 5) is 16.6. The fourth-order valence-electron chi connectivity index (χ4n) is 6.81. The molecular formula is C32H30N6. The van der Waals surface area contributed by atoms with Crippen LogP contribution in [-0.2, 0) is 0 Å². The van der Waals surface area contributed by atoms with Gasteiger partial charge in [-0.3, -0.25) is 0 Å². The Morgan fingerprint density at radius 1 is 0.526 bits per heavy atom. The van der Waals surface area contributed by atoms with Gasteiger partial charge in [0.2, 0.25) is 0 Å². The van der Waals surface area contributed by atoms with E-state index in [-0.39, 0.29) is 0 Å². The van der Waals surface area contributed by atoms with Crippen molar-refractivity contribution in [2.24, 2.45) is 11.8 Å². The lowest BCUT2D eigenvalue weighted by Crippen LogP contribution is -2.18. The molecule has 2 saturated heterocycles. The first-order chi connectivity index (χ1) is 18.7. The number of aromatic amines is 2. The third-order valence-electron chi connectivity index (χ3n) is 9.26.